The Bertz CT molecular complexity index is 1100. The number of alkyl halides is 3. The molecule has 0 aromatic heterocycles. The van der Waals surface area contributed by atoms with Crippen molar-refractivity contribution in [3.8, 4) is 5.75 Å². The number of imide groups is 1. The summed E-state index contributed by atoms with van der Waals surface area (Å²) in [6, 6.07) is 8.48. The molecule has 204 valence electrons. The SMILES string of the molecule is CCC.CCN(CC)CCOc1cccc2c1C(=O)N(C(C)(C)Cc1ccc(Cl)c(C(F)(F)F)c1)C2=O. The third-order valence-electron chi connectivity index (χ3n) is 6.01. The Morgan fingerprint density at radius 3 is 2.16 bits per heavy atom. The monoisotopic (exact) mass is 540 g/mol. The van der Waals surface area contributed by atoms with Crippen LogP contribution < -0.4 is 4.74 Å². The Morgan fingerprint density at radius 1 is 0.973 bits per heavy atom. The summed E-state index contributed by atoms with van der Waals surface area (Å²) in [6.07, 6.45) is -3.33. The fourth-order valence-electron chi connectivity index (χ4n) is 4.23. The number of amides is 2. The lowest BCUT2D eigenvalue weighted by molar-refractivity contribution is -0.137. The van der Waals surface area contributed by atoms with Gasteiger partial charge in [-0.05, 0) is 63.2 Å². The van der Waals surface area contributed by atoms with Crippen LogP contribution in [0.3, 0.4) is 0 Å². The van der Waals surface area contributed by atoms with Crippen LogP contribution >= 0.6 is 11.6 Å². The average Bonchev–Trinajstić information content (AvgIpc) is 3.09. The van der Waals surface area contributed by atoms with Crippen LogP contribution in [0, 0.1) is 0 Å². The first-order chi connectivity index (χ1) is 17.3. The van der Waals surface area contributed by atoms with Crippen LogP contribution in [-0.4, -0.2) is 53.4 Å². The van der Waals surface area contributed by atoms with Crippen LogP contribution in [0.4, 0.5) is 13.2 Å². The molecule has 0 atom stereocenters. The third-order valence-corrected chi connectivity index (χ3v) is 6.34. The van der Waals surface area contributed by atoms with Gasteiger partial charge in [0.2, 0.25) is 0 Å². The molecule has 1 heterocycles. The molecule has 0 fully saturated rings. The number of carbonyl (C=O) groups excluding carboxylic acids is 2. The van der Waals surface area contributed by atoms with E-state index >= 15 is 0 Å². The zero-order valence-electron chi connectivity index (χ0n) is 22.3. The molecule has 0 N–H and O–H groups in total. The van der Waals surface area contributed by atoms with Crippen molar-refractivity contribution in [2.45, 2.75) is 66.1 Å². The molecule has 1 aliphatic heterocycles. The molecule has 2 aromatic carbocycles. The normalized spacial score (nSPS) is 13.5. The van der Waals surface area contributed by atoms with Gasteiger partial charge in [-0.1, -0.05) is 57.8 Å². The van der Waals surface area contributed by atoms with Gasteiger partial charge in [-0.25, -0.2) is 0 Å². The molecule has 9 heteroatoms. The van der Waals surface area contributed by atoms with E-state index in [1.165, 1.54) is 18.6 Å². The number of halogens is 4. The van der Waals surface area contributed by atoms with Crippen LogP contribution in [0.25, 0.3) is 0 Å². The second-order valence-electron chi connectivity index (χ2n) is 9.51. The summed E-state index contributed by atoms with van der Waals surface area (Å²) in [5.41, 5.74) is -1.32. The highest BCUT2D eigenvalue weighted by Crippen LogP contribution is 2.38. The van der Waals surface area contributed by atoms with Crippen LogP contribution in [0.15, 0.2) is 36.4 Å². The Hall–Kier alpha value is -2.58. The van der Waals surface area contributed by atoms with E-state index in [2.05, 4.69) is 18.7 Å². The smallest absolute Gasteiger partial charge is 0.417 e. The van der Waals surface area contributed by atoms with Gasteiger partial charge >= 0.3 is 6.18 Å². The van der Waals surface area contributed by atoms with E-state index in [1.807, 2.05) is 13.8 Å². The van der Waals surface area contributed by atoms with E-state index in [0.717, 1.165) is 24.1 Å². The minimum atomic E-state index is -4.61. The zero-order chi connectivity index (χ0) is 28.0. The second kappa shape index (κ2) is 12.8. The molecule has 0 bridgehead atoms. The molecule has 2 aromatic rings. The van der Waals surface area contributed by atoms with E-state index in [1.54, 1.807) is 32.0 Å². The van der Waals surface area contributed by atoms with E-state index in [4.69, 9.17) is 16.3 Å². The molecule has 0 saturated carbocycles. The summed E-state index contributed by atoms with van der Waals surface area (Å²) < 4.78 is 45.7. The van der Waals surface area contributed by atoms with Crippen molar-refractivity contribution in [1.29, 1.82) is 0 Å². The van der Waals surface area contributed by atoms with Crippen molar-refractivity contribution in [1.82, 2.24) is 9.80 Å². The summed E-state index contributed by atoms with van der Waals surface area (Å²) >= 11 is 5.73. The Morgan fingerprint density at radius 2 is 1.59 bits per heavy atom. The minimum absolute atomic E-state index is 0.0247. The summed E-state index contributed by atoms with van der Waals surface area (Å²) in [4.78, 5) is 29.8. The van der Waals surface area contributed by atoms with E-state index in [0.29, 0.717) is 24.5 Å². The predicted octanol–water partition coefficient (Wildman–Crippen LogP) is 7.11. The Kier molecular flexibility index (Phi) is 10.6. The third kappa shape index (κ3) is 7.26. The minimum Gasteiger partial charge on any atom is -0.491 e. The number of fused-ring (bicyclic) bond motifs is 1. The fraction of sp³-hybridized carbons (Fsp3) is 0.500. The topological polar surface area (TPSA) is 49.9 Å². The van der Waals surface area contributed by atoms with Gasteiger partial charge < -0.3 is 9.64 Å². The lowest BCUT2D eigenvalue weighted by Crippen LogP contribution is -2.49. The predicted molar refractivity (Wildman–Crippen MR) is 140 cm³/mol. The van der Waals surface area contributed by atoms with Gasteiger partial charge in [0.15, 0.2) is 0 Å². The maximum atomic E-state index is 13.4. The number of carbonyl (C=O) groups is 2. The lowest BCUT2D eigenvalue weighted by atomic mass is 9.92. The van der Waals surface area contributed by atoms with E-state index in [-0.39, 0.29) is 17.5 Å². The molecule has 0 spiro atoms. The summed E-state index contributed by atoms with van der Waals surface area (Å²) in [5.74, 6) is -0.690. The maximum absolute atomic E-state index is 13.4. The van der Waals surface area contributed by atoms with Crippen LogP contribution in [-0.2, 0) is 12.6 Å². The molecule has 0 unspecified atom stereocenters. The lowest BCUT2D eigenvalue weighted by Gasteiger charge is -2.34. The molecule has 5 nitrogen and oxygen atoms in total. The zero-order valence-corrected chi connectivity index (χ0v) is 23.1. The first-order valence-electron chi connectivity index (χ1n) is 12.5. The first kappa shape index (κ1) is 30.6. The molecule has 0 aliphatic carbocycles. The van der Waals surface area contributed by atoms with Crippen molar-refractivity contribution in [2.75, 3.05) is 26.2 Å². The number of hydrogen-bond acceptors (Lipinski definition) is 4. The van der Waals surface area contributed by atoms with E-state index in [9.17, 15) is 22.8 Å². The fourth-order valence-corrected chi connectivity index (χ4v) is 4.45. The van der Waals surface area contributed by atoms with Crippen molar-refractivity contribution < 1.29 is 27.5 Å². The van der Waals surface area contributed by atoms with Gasteiger partial charge in [0, 0.05) is 12.1 Å². The number of nitrogens with zero attached hydrogens (tertiary/aromatic N) is 2. The summed E-state index contributed by atoms with van der Waals surface area (Å²) in [6.45, 7) is 14.4. The van der Waals surface area contributed by atoms with Gasteiger partial charge in [0.1, 0.15) is 12.4 Å². The van der Waals surface area contributed by atoms with Crippen molar-refractivity contribution in [2.24, 2.45) is 0 Å². The first-order valence-corrected chi connectivity index (χ1v) is 12.9. The number of ether oxygens (including phenoxy) is 1. The molecular formula is C28H36ClF3N2O3. The van der Waals surface area contributed by atoms with Gasteiger partial charge in [-0.15, -0.1) is 0 Å². The molecule has 2 amide bonds. The molecule has 0 saturated heterocycles. The Balaban J connectivity index is 0.00000153. The van der Waals surface area contributed by atoms with Crippen LogP contribution in [0.2, 0.25) is 5.02 Å². The maximum Gasteiger partial charge on any atom is 0.417 e. The number of rotatable bonds is 9. The molecular weight excluding hydrogens is 505 g/mol. The summed E-state index contributed by atoms with van der Waals surface area (Å²) in [7, 11) is 0. The standard InChI is InChI=1S/C25H28ClF3N2O3.C3H8/c1-5-30(6-2)12-13-34-20-9-7-8-17-21(20)23(33)31(22(17)32)24(3,4)15-16-10-11-19(26)18(14-16)25(27,28)29;1-3-2/h7-11,14H,5-6,12-13,15H2,1-4H3;3H2,1-2H3. The highest BCUT2D eigenvalue weighted by atomic mass is 35.5. The van der Waals surface area contributed by atoms with Crippen LogP contribution in [0.5, 0.6) is 5.75 Å². The second-order valence-corrected chi connectivity index (χ2v) is 9.92. The van der Waals surface area contributed by atoms with Gasteiger partial charge in [0.25, 0.3) is 11.8 Å². The van der Waals surface area contributed by atoms with Crippen LogP contribution in [0.1, 0.15) is 79.8 Å². The average molecular weight is 541 g/mol. The van der Waals surface area contributed by atoms with Gasteiger partial charge in [0.05, 0.1) is 21.7 Å². The van der Waals surface area contributed by atoms with Gasteiger partial charge in [-0.3, -0.25) is 14.5 Å². The summed E-state index contributed by atoms with van der Waals surface area (Å²) in [5, 5.41) is -0.402. The number of likely N-dealkylation sites (N-methyl/N-ethyl adjacent to an activating group) is 1. The highest BCUT2D eigenvalue weighted by molar-refractivity contribution is 6.31. The highest BCUT2D eigenvalue weighted by Gasteiger charge is 2.46. The van der Waals surface area contributed by atoms with E-state index < -0.39 is 34.1 Å². The molecule has 0 radical (unpaired) electrons. The number of benzene rings is 2. The largest absolute Gasteiger partial charge is 0.491 e. The van der Waals surface area contributed by atoms with Crippen molar-refractivity contribution in [3.63, 3.8) is 0 Å². The quantitative estimate of drug-likeness (QED) is 0.318. The van der Waals surface area contributed by atoms with Crippen molar-refractivity contribution >= 4 is 23.4 Å². The van der Waals surface area contributed by atoms with Gasteiger partial charge in [-0.2, -0.15) is 13.2 Å². The molecule has 37 heavy (non-hydrogen) atoms. The number of hydrogen-bond donors (Lipinski definition) is 0. The molecule has 1 aliphatic rings. The molecule has 3 rings (SSSR count). The Labute approximate surface area is 222 Å². The van der Waals surface area contributed by atoms with Crippen molar-refractivity contribution in [3.05, 3.63) is 63.7 Å².